The number of rotatable bonds is 4. The molecule has 24 heavy (non-hydrogen) atoms. The lowest BCUT2D eigenvalue weighted by atomic mass is 10.1. The Morgan fingerprint density at radius 3 is 2.88 bits per heavy atom. The number of ether oxygens (including phenoxy) is 1. The lowest BCUT2D eigenvalue weighted by Crippen LogP contribution is -2.33. The molecule has 1 fully saturated rings. The maximum Gasteiger partial charge on any atom is 0.330 e. The summed E-state index contributed by atoms with van der Waals surface area (Å²) in [4.78, 5) is 26.5. The monoisotopic (exact) mass is 330 g/mol. The molecule has 1 saturated heterocycles. The number of hydrogen-bond donors (Lipinski definition) is 3. The molecule has 0 saturated carbocycles. The Bertz CT molecular complexity index is 870. The van der Waals surface area contributed by atoms with Crippen LogP contribution in [0.3, 0.4) is 0 Å². The number of H-pyrrole nitrogens is 1. The van der Waals surface area contributed by atoms with Crippen LogP contribution in [-0.4, -0.2) is 38.6 Å². The number of nitrogens with one attached hydrogen (secondary N) is 1. The van der Waals surface area contributed by atoms with E-state index in [0.717, 1.165) is 5.56 Å². The van der Waals surface area contributed by atoms with Crippen LogP contribution < -0.4 is 11.2 Å². The third-order valence-corrected chi connectivity index (χ3v) is 4.10. The van der Waals surface area contributed by atoms with E-state index in [1.807, 2.05) is 6.07 Å². The number of aromatic nitrogens is 2. The highest BCUT2D eigenvalue weighted by Crippen LogP contribution is 2.28. The molecule has 2 heterocycles. The third-order valence-electron chi connectivity index (χ3n) is 4.10. The zero-order valence-corrected chi connectivity index (χ0v) is 12.9. The maximum absolute atomic E-state index is 12.2. The van der Waals surface area contributed by atoms with Gasteiger partial charge in [0.1, 0.15) is 12.3 Å². The molecule has 1 aromatic carbocycles. The van der Waals surface area contributed by atoms with Crippen molar-refractivity contribution in [3.8, 4) is 11.1 Å². The van der Waals surface area contributed by atoms with Gasteiger partial charge in [-0.1, -0.05) is 30.9 Å². The summed E-state index contributed by atoms with van der Waals surface area (Å²) in [6.45, 7) is 3.35. The maximum atomic E-state index is 12.2. The van der Waals surface area contributed by atoms with E-state index in [-0.39, 0.29) is 13.0 Å². The van der Waals surface area contributed by atoms with Gasteiger partial charge < -0.3 is 14.9 Å². The lowest BCUT2D eigenvalue weighted by molar-refractivity contribution is -0.0458. The largest absolute Gasteiger partial charge is 0.394 e. The Hall–Kier alpha value is -2.48. The van der Waals surface area contributed by atoms with Crippen molar-refractivity contribution in [1.82, 2.24) is 9.55 Å². The van der Waals surface area contributed by atoms with Crippen molar-refractivity contribution < 1.29 is 14.9 Å². The summed E-state index contributed by atoms with van der Waals surface area (Å²) in [6, 6.07) is 7.18. The first-order valence-corrected chi connectivity index (χ1v) is 7.56. The quantitative estimate of drug-likeness (QED) is 0.757. The van der Waals surface area contributed by atoms with Gasteiger partial charge >= 0.3 is 5.69 Å². The van der Waals surface area contributed by atoms with Gasteiger partial charge in [0.25, 0.3) is 5.56 Å². The van der Waals surface area contributed by atoms with Crippen molar-refractivity contribution in [2.45, 2.75) is 24.9 Å². The molecule has 126 valence electrons. The molecule has 1 aliphatic rings. The zero-order valence-electron chi connectivity index (χ0n) is 12.9. The Balaban J connectivity index is 2.05. The molecular formula is C17H18N2O5. The van der Waals surface area contributed by atoms with E-state index in [9.17, 15) is 14.7 Å². The highest BCUT2D eigenvalue weighted by molar-refractivity contribution is 5.65. The van der Waals surface area contributed by atoms with Gasteiger partial charge in [0.2, 0.25) is 0 Å². The lowest BCUT2D eigenvalue weighted by Gasteiger charge is -2.15. The van der Waals surface area contributed by atoms with Crippen LogP contribution >= 0.6 is 0 Å². The van der Waals surface area contributed by atoms with E-state index in [2.05, 4.69) is 11.6 Å². The summed E-state index contributed by atoms with van der Waals surface area (Å²) < 4.78 is 6.72. The van der Waals surface area contributed by atoms with Gasteiger partial charge in [-0.15, -0.1) is 0 Å². The minimum Gasteiger partial charge on any atom is -0.394 e. The highest BCUT2D eigenvalue weighted by Gasteiger charge is 2.35. The van der Waals surface area contributed by atoms with Crippen LogP contribution in [0.2, 0.25) is 0 Å². The molecular weight excluding hydrogens is 312 g/mol. The first-order chi connectivity index (χ1) is 11.5. The molecule has 0 radical (unpaired) electrons. The van der Waals surface area contributed by atoms with Crippen LogP contribution in [-0.2, 0) is 4.74 Å². The third kappa shape index (κ3) is 2.96. The minimum atomic E-state index is -0.869. The molecule has 3 atom stereocenters. The van der Waals surface area contributed by atoms with Gasteiger partial charge in [-0.25, -0.2) is 4.79 Å². The van der Waals surface area contributed by atoms with Crippen molar-refractivity contribution in [3.05, 3.63) is 63.4 Å². The Kier molecular flexibility index (Phi) is 4.48. The second-order valence-electron chi connectivity index (χ2n) is 5.65. The molecule has 7 heteroatoms. The molecule has 0 aliphatic carbocycles. The Labute approximate surface area is 137 Å². The van der Waals surface area contributed by atoms with Crippen LogP contribution in [0.5, 0.6) is 0 Å². The molecule has 7 nitrogen and oxygen atoms in total. The van der Waals surface area contributed by atoms with E-state index < -0.39 is 29.7 Å². The van der Waals surface area contributed by atoms with E-state index in [4.69, 9.17) is 9.84 Å². The minimum absolute atomic E-state index is 0.156. The van der Waals surface area contributed by atoms with Crippen LogP contribution in [0.4, 0.5) is 0 Å². The molecule has 0 spiro atoms. The van der Waals surface area contributed by atoms with Crippen molar-refractivity contribution in [2.24, 2.45) is 0 Å². The summed E-state index contributed by atoms with van der Waals surface area (Å²) in [5.74, 6) is 0. The van der Waals surface area contributed by atoms with Crippen molar-refractivity contribution in [3.63, 3.8) is 0 Å². The van der Waals surface area contributed by atoms with E-state index >= 15 is 0 Å². The fraction of sp³-hybridized carbons (Fsp3) is 0.294. The number of nitrogens with zero attached hydrogens (tertiary/aromatic N) is 1. The summed E-state index contributed by atoms with van der Waals surface area (Å²) in [5, 5.41) is 19.0. The average Bonchev–Trinajstić information content (AvgIpc) is 2.95. The number of hydrogen-bond acceptors (Lipinski definition) is 5. The normalized spacial score (nSPS) is 23.3. The van der Waals surface area contributed by atoms with Gasteiger partial charge in [-0.3, -0.25) is 14.3 Å². The average molecular weight is 330 g/mol. The van der Waals surface area contributed by atoms with Gasteiger partial charge in [-0.05, 0) is 17.2 Å². The molecule has 1 aliphatic heterocycles. The molecule has 0 amide bonds. The number of aromatic amines is 1. The predicted octanol–water partition coefficient (Wildman–Crippen LogP) is 0.487. The van der Waals surface area contributed by atoms with E-state index in [1.54, 1.807) is 24.3 Å². The van der Waals surface area contributed by atoms with Gasteiger partial charge in [0.15, 0.2) is 0 Å². The van der Waals surface area contributed by atoms with Gasteiger partial charge in [0, 0.05) is 12.6 Å². The SMILES string of the molecule is C=Cc1cccc(-c2cn([C@@H]3C[C@H](O)[C@@H](CO)O3)c(=O)[nH]c2=O)c1. The van der Waals surface area contributed by atoms with Gasteiger partial charge in [0.05, 0.1) is 18.3 Å². The van der Waals surface area contributed by atoms with E-state index in [0.29, 0.717) is 11.1 Å². The van der Waals surface area contributed by atoms with Crippen molar-refractivity contribution in [2.75, 3.05) is 6.61 Å². The summed E-state index contributed by atoms with van der Waals surface area (Å²) in [6.07, 6.45) is 0.871. The molecule has 0 bridgehead atoms. The van der Waals surface area contributed by atoms with Crippen LogP contribution in [0.15, 0.2) is 46.6 Å². The Morgan fingerprint density at radius 2 is 2.21 bits per heavy atom. The van der Waals surface area contributed by atoms with Gasteiger partial charge in [-0.2, -0.15) is 0 Å². The molecule has 2 aromatic rings. The summed E-state index contributed by atoms with van der Waals surface area (Å²) >= 11 is 0. The molecule has 3 rings (SSSR count). The molecule has 1 aromatic heterocycles. The smallest absolute Gasteiger partial charge is 0.330 e. The number of aliphatic hydroxyl groups excluding tert-OH is 2. The highest BCUT2D eigenvalue weighted by atomic mass is 16.5. The molecule has 3 N–H and O–H groups in total. The van der Waals surface area contributed by atoms with Crippen LogP contribution in [0.25, 0.3) is 17.2 Å². The second kappa shape index (κ2) is 6.56. The first kappa shape index (κ1) is 16.4. The fourth-order valence-electron chi connectivity index (χ4n) is 2.79. The summed E-state index contributed by atoms with van der Waals surface area (Å²) in [7, 11) is 0. The summed E-state index contributed by atoms with van der Waals surface area (Å²) in [5.41, 5.74) is 0.662. The zero-order chi connectivity index (χ0) is 17.3. The number of aliphatic hydroxyl groups is 2. The standard InChI is InChI=1S/C17H18N2O5/c1-2-10-4-3-5-11(6-10)12-8-19(17(23)18-16(12)22)15-7-13(21)14(9-20)24-15/h2-6,8,13-15,20-21H,1,7,9H2,(H,18,22,23)/t13-,14+,15-/m0/s1. The fourth-order valence-corrected chi connectivity index (χ4v) is 2.79. The van der Waals surface area contributed by atoms with Crippen LogP contribution in [0.1, 0.15) is 18.2 Å². The van der Waals surface area contributed by atoms with Crippen molar-refractivity contribution in [1.29, 1.82) is 0 Å². The first-order valence-electron chi connectivity index (χ1n) is 7.56. The van der Waals surface area contributed by atoms with Crippen molar-refractivity contribution >= 4 is 6.08 Å². The van der Waals surface area contributed by atoms with Crippen LogP contribution in [0, 0.1) is 0 Å². The van der Waals surface area contributed by atoms with E-state index in [1.165, 1.54) is 10.8 Å². The molecule has 0 unspecified atom stereocenters. The second-order valence-corrected chi connectivity index (χ2v) is 5.65. The predicted molar refractivity (Wildman–Crippen MR) is 88.5 cm³/mol. The number of benzene rings is 1. The Morgan fingerprint density at radius 1 is 1.42 bits per heavy atom. The topological polar surface area (TPSA) is 105 Å².